The first-order valence-electron chi connectivity index (χ1n) is 9.62. The zero-order valence-corrected chi connectivity index (χ0v) is 16.1. The Morgan fingerprint density at radius 1 is 1.07 bits per heavy atom. The van der Waals surface area contributed by atoms with Crippen LogP contribution in [0.5, 0.6) is 0 Å². The molecule has 0 bridgehead atoms. The summed E-state index contributed by atoms with van der Waals surface area (Å²) in [6.07, 6.45) is 3.44. The molecule has 0 saturated carbocycles. The number of nitrogens with zero attached hydrogens (tertiary/aromatic N) is 5. The minimum atomic E-state index is -0.00750. The predicted octanol–water partition coefficient (Wildman–Crippen LogP) is 2.64. The summed E-state index contributed by atoms with van der Waals surface area (Å²) in [7, 11) is 2.07. The Bertz CT molecular complexity index is 1190. The predicted molar refractivity (Wildman–Crippen MR) is 112 cm³/mol. The summed E-state index contributed by atoms with van der Waals surface area (Å²) in [6.45, 7) is 3.23. The number of likely N-dealkylation sites (N-methyl/N-ethyl adjacent to an activating group) is 1. The lowest BCUT2D eigenvalue weighted by Crippen LogP contribution is -2.47. The van der Waals surface area contributed by atoms with Crippen LogP contribution in [-0.4, -0.2) is 69.1 Å². The van der Waals surface area contributed by atoms with Crippen LogP contribution in [0, 0.1) is 0 Å². The lowest BCUT2D eigenvalue weighted by molar-refractivity contribution is 0.0660. The minimum Gasteiger partial charge on any atom is -0.337 e. The van der Waals surface area contributed by atoms with Gasteiger partial charge >= 0.3 is 0 Å². The van der Waals surface area contributed by atoms with E-state index in [-0.39, 0.29) is 5.91 Å². The number of fused-ring (bicyclic) bond motifs is 2. The average Bonchev–Trinajstić information content (AvgIpc) is 3.16. The van der Waals surface area contributed by atoms with Crippen molar-refractivity contribution in [1.29, 1.82) is 0 Å². The van der Waals surface area contributed by atoms with Crippen LogP contribution in [0.1, 0.15) is 10.5 Å². The second kappa shape index (κ2) is 7.14. The standard InChI is InChI=1S/C21H21N7O/c1-27-9-11-28(12-10-27)21(29)18-16-5-4-15(13-14(16)6-8-23-18)24-20-19-17(25-26-20)3-2-7-22-19/h2-8,13H,9-12H2,1H3,(H2,24,25,26). The van der Waals surface area contributed by atoms with Crippen molar-refractivity contribution in [3.8, 4) is 0 Å². The summed E-state index contributed by atoms with van der Waals surface area (Å²) in [5, 5.41) is 12.4. The van der Waals surface area contributed by atoms with E-state index in [2.05, 4.69) is 37.4 Å². The van der Waals surface area contributed by atoms with Crippen molar-refractivity contribution in [3.05, 3.63) is 54.5 Å². The molecule has 0 atom stereocenters. The van der Waals surface area contributed by atoms with Crippen LogP contribution in [0.25, 0.3) is 21.8 Å². The summed E-state index contributed by atoms with van der Waals surface area (Å²) < 4.78 is 0. The number of hydrogen-bond donors (Lipinski definition) is 2. The molecule has 1 aromatic carbocycles. The van der Waals surface area contributed by atoms with Crippen molar-refractivity contribution >= 4 is 39.2 Å². The van der Waals surface area contributed by atoms with E-state index < -0.39 is 0 Å². The van der Waals surface area contributed by atoms with Crippen LogP contribution in [-0.2, 0) is 0 Å². The number of hydrogen-bond acceptors (Lipinski definition) is 6. The van der Waals surface area contributed by atoms with Gasteiger partial charge in [0.1, 0.15) is 11.2 Å². The van der Waals surface area contributed by atoms with E-state index >= 15 is 0 Å². The van der Waals surface area contributed by atoms with Crippen molar-refractivity contribution in [2.24, 2.45) is 0 Å². The number of benzene rings is 1. The van der Waals surface area contributed by atoms with E-state index in [1.54, 1.807) is 12.4 Å². The van der Waals surface area contributed by atoms with Crippen LogP contribution < -0.4 is 5.32 Å². The van der Waals surface area contributed by atoms with Crippen LogP contribution in [0.4, 0.5) is 11.5 Å². The Balaban J connectivity index is 1.45. The SMILES string of the molecule is CN1CCN(C(=O)c2nccc3cc(Nc4n[nH]c5cccnc45)ccc23)CC1. The van der Waals surface area contributed by atoms with Gasteiger partial charge in [-0.1, -0.05) is 0 Å². The maximum absolute atomic E-state index is 13.0. The number of aromatic amines is 1. The van der Waals surface area contributed by atoms with Crippen molar-refractivity contribution < 1.29 is 4.79 Å². The molecule has 29 heavy (non-hydrogen) atoms. The number of amides is 1. The topological polar surface area (TPSA) is 90.0 Å². The van der Waals surface area contributed by atoms with Gasteiger partial charge in [-0.15, -0.1) is 0 Å². The third-order valence-corrected chi connectivity index (χ3v) is 5.34. The molecule has 1 saturated heterocycles. The second-order valence-electron chi connectivity index (χ2n) is 7.29. The fourth-order valence-corrected chi connectivity index (χ4v) is 3.66. The summed E-state index contributed by atoms with van der Waals surface area (Å²) in [5.41, 5.74) is 3.04. The second-order valence-corrected chi connectivity index (χ2v) is 7.29. The van der Waals surface area contributed by atoms with Gasteiger partial charge in [-0.3, -0.25) is 19.9 Å². The summed E-state index contributed by atoms with van der Waals surface area (Å²) in [4.78, 5) is 25.9. The number of rotatable bonds is 3. The van der Waals surface area contributed by atoms with Crippen LogP contribution in [0.15, 0.2) is 48.8 Å². The van der Waals surface area contributed by atoms with Gasteiger partial charge in [0, 0.05) is 49.6 Å². The lowest BCUT2D eigenvalue weighted by atomic mass is 10.1. The highest BCUT2D eigenvalue weighted by atomic mass is 16.2. The van der Waals surface area contributed by atoms with Crippen LogP contribution >= 0.6 is 0 Å². The molecular weight excluding hydrogens is 366 g/mol. The summed E-state index contributed by atoms with van der Waals surface area (Å²) in [5.74, 6) is 0.662. The van der Waals surface area contributed by atoms with Crippen molar-refractivity contribution in [2.45, 2.75) is 0 Å². The molecule has 0 spiro atoms. The van der Waals surface area contributed by atoms with E-state index in [9.17, 15) is 4.79 Å². The van der Waals surface area contributed by atoms with E-state index in [4.69, 9.17) is 0 Å². The van der Waals surface area contributed by atoms with Gasteiger partial charge in [0.2, 0.25) is 0 Å². The molecule has 8 nitrogen and oxygen atoms in total. The van der Waals surface area contributed by atoms with E-state index in [0.29, 0.717) is 11.5 Å². The third-order valence-electron chi connectivity index (χ3n) is 5.34. The van der Waals surface area contributed by atoms with Crippen molar-refractivity contribution in [3.63, 3.8) is 0 Å². The number of carbonyl (C=O) groups is 1. The van der Waals surface area contributed by atoms with Crippen molar-refractivity contribution in [2.75, 3.05) is 38.5 Å². The number of pyridine rings is 2. The molecule has 146 valence electrons. The van der Waals surface area contributed by atoms with Gasteiger partial charge in [-0.2, -0.15) is 5.10 Å². The average molecular weight is 387 g/mol. The first-order chi connectivity index (χ1) is 14.2. The molecular formula is C21H21N7O. The molecule has 8 heteroatoms. The van der Waals surface area contributed by atoms with Gasteiger partial charge in [0.15, 0.2) is 5.82 Å². The van der Waals surface area contributed by atoms with Gasteiger partial charge in [0.25, 0.3) is 5.91 Å². The van der Waals surface area contributed by atoms with Gasteiger partial charge in [-0.05, 0) is 48.8 Å². The molecule has 0 unspecified atom stereocenters. The first kappa shape index (κ1) is 17.6. The molecule has 1 aliphatic heterocycles. The van der Waals surface area contributed by atoms with E-state index in [1.807, 2.05) is 41.3 Å². The Hall–Kier alpha value is -3.52. The van der Waals surface area contributed by atoms with E-state index in [1.165, 1.54) is 0 Å². The molecule has 1 aliphatic rings. The number of aromatic nitrogens is 4. The monoisotopic (exact) mass is 387 g/mol. The minimum absolute atomic E-state index is 0.00750. The smallest absolute Gasteiger partial charge is 0.273 e. The number of anilines is 2. The number of piperazine rings is 1. The molecule has 1 amide bonds. The quantitative estimate of drug-likeness (QED) is 0.562. The van der Waals surface area contributed by atoms with Crippen LogP contribution in [0.3, 0.4) is 0 Å². The number of nitrogens with one attached hydrogen (secondary N) is 2. The van der Waals surface area contributed by atoms with Crippen molar-refractivity contribution in [1.82, 2.24) is 30.0 Å². The first-order valence-corrected chi connectivity index (χ1v) is 9.62. The highest BCUT2D eigenvalue weighted by molar-refractivity contribution is 6.06. The number of H-pyrrole nitrogens is 1. The normalized spacial score (nSPS) is 15.1. The number of carbonyl (C=O) groups excluding carboxylic acids is 1. The third kappa shape index (κ3) is 3.27. The molecule has 4 aromatic rings. The lowest BCUT2D eigenvalue weighted by Gasteiger charge is -2.32. The molecule has 5 rings (SSSR count). The Labute approximate surface area is 167 Å². The largest absolute Gasteiger partial charge is 0.337 e. The highest BCUT2D eigenvalue weighted by Crippen LogP contribution is 2.26. The van der Waals surface area contributed by atoms with Gasteiger partial charge < -0.3 is 15.1 Å². The summed E-state index contributed by atoms with van der Waals surface area (Å²) in [6, 6.07) is 11.6. The maximum atomic E-state index is 13.0. The van der Waals surface area contributed by atoms with Gasteiger partial charge in [0.05, 0.1) is 5.52 Å². The molecule has 0 radical (unpaired) electrons. The molecule has 4 heterocycles. The molecule has 0 aliphatic carbocycles. The zero-order chi connectivity index (χ0) is 19.8. The molecule has 3 aromatic heterocycles. The molecule has 2 N–H and O–H groups in total. The fourth-order valence-electron chi connectivity index (χ4n) is 3.66. The Kier molecular flexibility index (Phi) is 4.33. The highest BCUT2D eigenvalue weighted by Gasteiger charge is 2.23. The fraction of sp³-hybridized carbons (Fsp3) is 0.238. The zero-order valence-electron chi connectivity index (χ0n) is 16.1. The Morgan fingerprint density at radius 3 is 2.79 bits per heavy atom. The van der Waals surface area contributed by atoms with Gasteiger partial charge in [-0.25, -0.2) is 0 Å². The summed E-state index contributed by atoms with van der Waals surface area (Å²) >= 11 is 0. The van der Waals surface area contributed by atoms with Crippen LogP contribution in [0.2, 0.25) is 0 Å². The maximum Gasteiger partial charge on any atom is 0.273 e. The molecule has 1 fully saturated rings. The van der Waals surface area contributed by atoms with E-state index in [0.717, 1.165) is 53.7 Å². The Morgan fingerprint density at radius 2 is 1.93 bits per heavy atom.